The number of aliphatic hydroxyl groups is 1. The minimum atomic E-state index is -0.733. The van der Waals surface area contributed by atoms with E-state index in [0.29, 0.717) is 5.56 Å². The summed E-state index contributed by atoms with van der Waals surface area (Å²) in [6.45, 7) is -0.201. The van der Waals surface area contributed by atoms with Crippen LogP contribution < -0.4 is 0 Å². The smallest absolute Gasteiger partial charge is 0.384 e. The first-order valence-corrected chi connectivity index (χ1v) is 4.16. The molecule has 0 aromatic heterocycles. The molecule has 1 aromatic rings. The summed E-state index contributed by atoms with van der Waals surface area (Å²) < 4.78 is 17.4. The van der Waals surface area contributed by atoms with E-state index >= 15 is 0 Å². The van der Waals surface area contributed by atoms with Gasteiger partial charge in [0.15, 0.2) is 0 Å². The molecule has 0 unspecified atom stereocenters. The minimum absolute atomic E-state index is 0.0620. The van der Waals surface area contributed by atoms with Crippen molar-refractivity contribution in [3.63, 3.8) is 0 Å². The van der Waals surface area contributed by atoms with Crippen LogP contribution in [0.15, 0.2) is 18.2 Å². The van der Waals surface area contributed by atoms with E-state index in [2.05, 4.69) is 16.6 Å². The Balaban J connectivity index is 3.01. The molecule has 1 aromatic carbocycles. The standard InChI is InChI=1S/C11H9FO3/c1-15-11(14)5-3-9-6-8(7-13)2-4-10(9)12/h2,4,6,13H,7H2,1H3. The molecule has 3 nitrogen and oxygen atoms in total. The molecule has 0 heterocycles. The third-order valence-corrected chi connectivity index (χ3v) is 1.70. The molecule has 0 aliphatic rings. The molecule has 15 heavy (non-hydrogen) atoms. The Bertz CT molecular complexity index is 429. The van der Waals surface area contributed by atoms with Crippen LogP contribution in [-0.2, 0) is 16.1 Å². The quantitative estimate of drug-likeness (QED) is 0.549. The Morgan fingerprint density at radius 1 is 1.60 bits per heavy atom. The Kier molecular flexibility index (Phi) is 3.83. The maximum atomic E-state index is 13.1. The van der Waals surface area contributed by atoms with Gasteiger partial charge in [-0.15, -0.1) is 0 Å². The van der Waals surface area contributed by atoms with Gasteiger partial charge >= 0.3 is 5.97 Å². The number of rotatable bonds is 1. The predicted octanol–water partition coefficient (Wildman–Crippen LogP) is 0.843. The summed E-state index contributed by atoms with van der Waals surface area (Å²) >= 11 is 0. The fourth-order valence-electron chi connectivity index (χ4n) is 0.936. The summed E-state index contributed by atoms with van der Waals surface area (Å²) in [6, 6.07) is 4.01. The van der Waals surface area contributed by atoms with Gasteiger partial charge in [-0.25, -0.2) is 9.18 Å². The van der Waals surface area contributed by atoms with Crippen LogP contribution in [0.1, 0.15) is 11.1 Å². The lowest BCUT2D eigenvalue weighted by Gasteiger charge is -1.97. The summed E-state index contributed by atoms with van der Waals surface area (Å²) in [5.74, 6) is 3.16. The maximum Gasteiger partial charge on any atom is 0.384 e. The first-order chi connectivity index (χ1) is 7.17. The van der Waals surface area contributed by atoms with Crippen molar-refractivity contribution in [2.24, 2.45) is 0 Å². The molecule has 4 heteroatoms. The van der Waals surface area contributed by atoms with E-state index < -0.39 is 11.8 Å². The lowest BCUT2D eigenvalue weighted by atomic mass is 10.1. The number of hydrogen-bond donors (Lipinski definition) is 1. The van der Waals surface area contributed by atoms with Crippen molar-refractivity contribution in [1.29, 1.82) is 0 Å². The number of methoxy groups -OCH3 is 1. The molecular weight excluding hydrogens is 199 g/mol. The van der Waals surface area contributed by atoms with E-state index in [4.69, 9.17) is 5.11 Å². The molecule has 0 fully saturated rings. The Labute approximate surface area is 86.5 Å². The molecule has 0 radical (unpaired) electrons. The van der Waals surface area contributed by atoms with Crippen LogP contribution >= 0.6 is 0 Å². The monoisotopic (exact) mass is 208 g/mol. The van der Waals surface area contributed by atoms with E-state index in [-0.39, 0.29) is 12.2 Å². The van der Waals surface area contributed by atoms with Crippen molar-refractivity contribution < 1.29 is 19.0 Å². The predicted molar refractivity (Wildman–Crippen MR) is 51.2 cm³/mol. The molecule has 0 aliphatic carbocycles. The Morgan fingerprint density at radius 2 is 2.33 bits per heavy atom. The van der Waals surface area contributed by atoms with E-state index in [0.717, 1.165) is 0 Å². The summed E-state index contributed by atoms with van der Waals surface area (Å²) in [6.07, 6.45) is 0. The van der Waals surface area contributed by atoms with Gasteiger partial charge in [0.25, 0.3) is 0 Å². The highest BCUT2D eigenvalue weighted by atomic mass is 19.1. The Hall–Kier alpha value is -1.86. The third-order valence-electron chi connectivity index (χ3n) is 1.70. The number of carbonyl (C=O) groups excluding carboxylic acids is 1. The SMILES string of the molecule is COC(=O)C#Cc1cc(CO)ccc1F. The van der Waals surface area contributed by atoms with Gasteiger partial charge in [0, 0.05) is 5.92 Å². The van der Waals surface area contributed by atoms with Gasteiger partial charge in [0.05, 0.1) is 19.3 Å². The average molecular weight is 208 g/mol. The second-order valence-electron chi connectivity index (χ2n) is 2.71. The molecule has 0 spiro atoms. The first-order valence-electron chi connectivity index (χ1n) is 4.16. The number of carbonyl (C=O) groups is 1. The third kappa shape index (κ3) is 3.08. The summed E-state index contributed by atoms with van der Waals surface area (Å²) in [4.78, 5) is 10.7. The lowest BCUT2D eigenvalue weighted by molar-refractivity contribution is -0.133. The number of aliphatic hydroxyl groups excluding tert-OH is 1. The maximum absolute atomic E-state index is 13.1. The molecular formula is C11H9FO3. The number of hydrogen-bond acceptors (Lipinski definition) is 3. The van der Waals surface area contributed by atoms with E-state index in [1.807, 2.05) is 0 Å². The molecule has 0 bridgehead atoms. The molecule has 0 aliphatic heterocycles. The second kappa shape index (κ2) is 5.13. The highest BCUT2D eigenvalue weighted by Gasteiger charge is 2.00. The highest BCUT2D eigenvalue weighted by Crippen LogP contribution is 2.09. The largest absolute Gasteiger partial charge is 0.459 e. The number of benzene rings is 1. The zero-order valence-electron chi connectivity index (χ0n) is 8.08. The fraction of sp³-hybridized carbons (Fsp3) is 0.182. The molecule has 0 atom stereocenters. The van der Waals surface area contributed by atoms with Crippen molar-refractivity contribution in [2.45, 2.75) is 6.61 Å². The van der Waals surface area contributed by atoms with E-state index in [1.165, 1.54) is 25.3 Å². The molecule has 1 N–H and O–H groups in total. The minimum Gasteiger partial charge on any atom is -0.459 e. The summed E-state index contributed by atoms with van der Waals surface area (Å²) in [7, 11) is 1.19. The van der Waals surface area contributed by atoms with Crippen LogP contribution in [0.5, 0.6) is 0 Å². The average Bonchev–Trinajstić information content (AvgIpc) is 2.27. The van der Waals surface area contributed by atoms with E-state index in [1.54, 1.807) is 0 Å². The van der Waals surface area contributed by atoms with Gasteiger partial charge in [0.2, 0.25) is 0 Å². The van der Waals surface area contributed by atoms with Gasteiger partial charge in [-0.2, -0.15) is 0 Å². The van der Waals surface area contributed by atoms with E-state index in [9.17, 15) is 9.18 Å². The highest BCUT2D eigenvalue weighted by molar-refractivity contribution is 5.89. The van der Waals surface area contributed by atoms with Gasteiger partial charge in [-0.3, -0.25) is 0 Å². The van der Waals surface area contributed by atoms with Crippen molar-refractivity contribution in [1.82, 2.24) is 0 Å². The van der Waals surface area contributed by atoms with Crippen LogP contribution in [0.2, 0.25) is 0 Å². The van der Waals surface area contributed by atoms with Crippen molar-refractivity contribution >= 4 is 5.97 Å². The van der Waals surface area contributed by atoms with Gasteiger partial charge < -0.3 is 9.84 Å². The first kappa shape index (κ1) is 11.2. The zero-order valence-corrected chi connectivity index (χ0v) is 8.08. The van der Waals surface area contributed by atoms with Crippen LogP contribution in [0.3, 0.4) is 0 Å². The topological polar surface area (TPSA) is 46.5 Å². The summed E-state index contributed by atoms with van der Waals surface area (Å²) in [5, 5.41) is 8.81. The number of halogens is 1. The van der Waals surface area contributed by atoms with Crippen LogP contribution in [0.4, 0.5) is 4.39 Å². The summed E-state index contributed by atoms with van der Waals surface area (Å²) in [5.41, 5.74) is 0.595. The van der Waals surface area contributed by atoms with Gasteiger partial charge in [0.1, 0.15) is 5.82 Å². The molecule has 0 saturated carbocycles. The molecule has 0 amide bonds. The molecule has 1 rings (SSSR count). The fourth-order valence-corrected chi connectivity index (χ4v) is 0.936. The number of esters is 1. The van der Waals surface area contributed by atoms with Crippen molar-refractivity contribution in [2.75, 3.05) is 7.11 Å². The molecule has 78 valence electrons. The number of ether oxygens (including phenoxy) is 1. The van der Waals surface area contributed by atoms with Gasteiger partial charge in [-0.05, 0) is 17.7 Å². The second-order valence-corrected chi connectivity index (χ2v) is 2.71. The Morgan fingerprint density at radius 3 is 2.93 bits per heavy atom. The lowest BCUT2D eigenvalue weighted by Crippen LogP contribution is -1.95. The zero-order chi connectivity index (χ0) is 11.3. The van der Waals surface area contributed by atoms with Crippen LogP contribution in [0.25, 0.3) is 0 Å². The van der Waals surface area contributed by atoms with Crippen molar-refractivity contribution in [3.8, 4) is 11.8 Å². The molecule has 0 saturated heterocycles. The van der Waals surface area contributed by atoms with Crippen molar-refractivity contribution in [3.05, 3.63) is 35.1 Å². The van der Waals surface area contributed by atoms with Gasteiger partial charge in [-0.1, -0.05) is 12.0 Å². The van der Waals surface area contributed by atoms with Crippen LogP contribution in [-0.4, -0.2) is 18.2 Å². The normalized spacial score (nSPS) is 9.00. The van der Waals surface area contributed by atoms with Crippen LogP contribution in [0, 0.1) is 17.7 Å².